The molecule has 1 aromatic heterocycles. The number of piperidine rings is 1. The van der Waals surface area contributed by atoms with Crippen molar-refractivity contribution in [3.05, 3.63) is 30.5 Å². The van der Waals surface area contributed by atoms with E-state index in [-0.39, 0.29) is 12.5 Å². The Kier molecular flexibility index (Phi) is 7.69. The van der Waals surface area contributed by atoms with Gasteiger partial charge in [0.15, 0.2) is 0 Å². The number of nitrogens with one attached hydrogen (secondary N) is 2. The molecule has 2 N–H and O–H groups in total. The van der Waals surface area contributed by atoms with Crippen LogP contribution in [0.2, 0.25) is 0 Å². The first-order valence-corrected chi connectivity index (χ1v) is 12.6. The minimum Gasteiger partial charge on any atom is -0.497 e. The molecule has 182 valence electrons. The lowest BCUT2D eigenvalue weighted by atomic mass is 9.85. The quantitative estimate of drug-likeness (QED) is 0.627. The Bertz CT molecular complexity index is 1080. The number of pyridine rings is 1. The minimum absolute atomic E-state index is 0.122. The van der Waals surface area contributed by atoms with Crippen LogP contribution in [0.1, 0.15) is 40.5 Å². The molecule has 0 radical (unpaired) electrons. The molecule has 0 aliphatic carbocycles. The van der Waals surface area contributed by atoms with Gasteiger partial charge in [0.05, 0.1) is 12.6 Å². The third-order valence-electron chi connectivity index (χ3n) is 5.82. The largest absolute Gasteiger partial charge is 0.497 e. The summed E-state index contributed by atoms with van der Waals surface area (Å²) in [5, 5.41) is 1.06. The molecular formula is C23H34N4O5S. The highest BCUT2D eigenvalue weighted by atomic mass is 32.2. The van der Waals surface area contributed by atoms with Crippen molar-refractivity contribution in [2.75, 3.05) is 31.6 Å². The lowest BCUT2D eigenvalue weighted by Crippen LogP contribution is -2.45. The Morgan fingerprint density at radius 3 is 2.58 bits per heavy atom. The first kappa shape index (κ1) is 25.0. The van der Waals surface area contributed by atoms with Gasteiger partial charge < -0.3 is 14.4 Å². The van der Waals surface area contributed by atoms with Crippen molar-refractivity contribution in [2.24, 2.45) is 11.8 Å². The minimum atomic E-state index is -3.98. The monoisotopic (exact) mass is 478 g/mol. The van der Waals surface area contributed by atoms with Crippen LogP contribution in [0.3, 0.4) is 0 Å². The maximum Gasteiger partial charge on any atom is 0.422 e. The molecule has 1 unspecified atom stereocenters. The van der Waals surface area contributed by atoms with Crippen LogP contribution < -0.4 is 19.1 Å². The van der Waals surface area contributed by atoms with Crippen molar-refractivity contribution in [2.45, 2.75) is 46.1 Å². The van der Waals surface area contributed by atoms with Crippen LogP contribution in [-0.2, 0) is 14.9 Å². The highest BCUT2D eigenvalue weighted by Crippen LogP contribution is 2.33. The van der Waals surface area contributed by atoms with E-state index in [1.165, 1.54) is 0 Å². The number of rotatable bonds is 7. The van der Waals surface area contributed by atoms with Crippen molar-refractivity contribution in [1.29, 1.82) is 0 Å². The van der Waals surface area contributed by atoms with Crippen LogP contribution >= 0.6 is 0 Å². The molecule has 1 aliphatic rings. The third kappa shape index (κ3) is 6.94. The summed E-state index contributed by atoms with van der Waals surface area (Å²) in [5.41, 5.74) is 1.29. The smallest absolute Gasteiger partial charge is 0.422 e. The van der Waals surface area contributed by atoms with Gasteiger partial charge in [0.1, 0.15) is 11.4 Å². The van der Waals surface area contributed by atoms with Crippen LogP contribution in [0.15, 0.2) is 30.5 Å². The van der Waals surface area contributed by atoms with Gasteiger partial charge in [-0.05, 0) is 69.7 Å². The molecule has 1 aromatic carbocycles. The zero-order valence-corrected chi connectivity index (χ0v) is 20.7. The molecule has 0 spiro atoms. The van der Waals surface area contributed by atoms with E-state index in [0.29, 0.717) is 5.92 Å². The number of anilines is 1. The molecule has 2 aromatic rings. The standard InChI is InChI=1S/C23H34N4O5S/c1-16(15-25-33(29,30)26-22(28)32-23(2,3)4)17-9-12-27(13-10-17)21-8-11-24-20-7-6-18(31-5)14-19(20)21/h6-8,11,14,16-17,25H,9-10,12-13,15H2,1-5H3,(H,26,28). The number of fused-ring (bicyclic) bond motifs is 1. The first-order chi connectivity index (χ1) is 15.5. The predicted molar refractivity (Wildman–Crippen MR) is 129 cm³/mol. The number of nitrogens with zero attached hydrogens (tertiary/aromatic N) is 2. The van der Waals surface area contributed by atoms with Gasteiger partial charge in [-0.1, -0.05) is 6.92 Å². The summed E-state index contributed by atoms with van der Waals surface area (Å²) >= 11 is 0. The molecule has 9 nitrogen and oxygen atoms in total. The number of hydrogen-bond donors (Lipinski definition) is 2. The summed E-state index contributed by atoms with van der Waals surface area (Å²) in [4.78, 5) is 18.6. The van der Waals surface area contributed by atoms with Crippen molar-refractivity contribution in [1.82, 2.24) is 14.4 Å². The second kappa shape index (κ2) is 10.1. The van der Waals surface area contributed by atoms with Crippen molar-refractivity contribution in [3.8, 4) is 5.75 Å². The Labute approximate surface area is 196 Å². The average Bonchev–Trinajstić information content (AvgIpc) is 2.75. The van der Waals surface area contributed by atoms with Crippen molar-refractivity contribution >= 4 is 32.9 Å². The Morgan fingerprint density at radius 1 is 1.24 bits per heavy atom. The van der Waals surface area contributed by atoms with Crippen LogP contribution in [0.5, 0.6) is 5.75 Å². The summed E-state index contributed by atoms with van der Waals surface area (Å²) in [7, 11) is -2.32. The van der Waals surface area contributed by atoms with Crippen LogP contribution in [0.25, 0.3) is 10.9 Å². The number of carbonyl (C=O) groups excluding carboxylic acids is 1. The van der Waals surface area contributed by atoms with Gasteiger partial charge in [-0.2, -0.15) is 13.1 Å². The number of methoxy groups -OCH3 is 1. The molecule has 1 aliphatic heterocycles. The molecule has 33 heavy (non-hydrogen) atoms. The zero-order chi connectivity index (χ0) is 24.2. The zero-order valence-electron chi connectivity index (χ0n) is 19.9. The number of aromatic nitrogens is 1. The highest BCUT2D eigenvalue weighted by Gasteiger charge is 2.27. The SMILES string of the molecule is COc1ccc2nccc(N3CCC(C(C)CNS(=O)(=O)NC(=O)OC(C)(C)C)CC3)c2c1. The van der Waals surface area contributed by atoms with Gasteiger partial charge in [-0.3, -0.25) is 4.98 Å². The highest BCUT2D eigenvalue weighted by molar-refractivity contribution is 7.88. The van der Waals surface area contributed by atoms with Gasteiger partial charge in [0.2, 0.25) is 0 Å². The van der Waals surface area contributed by atoms with E-state index in [4.69, 9.17) is 9.47 Å². The molecule has 0 saturated carbocycles. The van der Waals surface area contributed by atoms with E-state index >= 15 is 0 Å². The molecule has 0 bridgehead atoms. The average molecular weight is 479 g/mol. The lowest BCUT2D eigenvalue weighted by Gasteiger charge is -2.36. The number of hydrogen-bond acceptors (Lipinski definition) is 7. The molecular weight excluding hydrogens is 444 g/mol. The van der Waals surface area contributed by atoms with Crippen molar-refractivity contribution in [3.63, 3.8) is 0 Å². The maximum absolute atomic E-state index is 12.2. The fourth-order valence-electron chi connectivity index (χ4n) is 4.08. The van der Waals surface area contributed by atoms with E-state index in [2.05, 4.69) is 14.6 Å². The summed E-state index contributed by atoms with van der Waals surface area (Å²) in [5.74, 6) is 1.29. The summed E-state index contributed by atoms with van der Waals surface area (Å²) in [6, 6.07) is 7.91. The summed E-state index contributed by atoms with van der Waals surface area (Å²) in [6.07, 6.45) is 2.72. The maximum atomic E-state index is 12.2. The van der Waals surface area contributed by atoms with E-state index in [1.807, 2.05) is 42.1 Å². The topological polar surface area (TPSA) is 110 Å². The Hall–Kier alpha value is -2.59. The number of amides is 1. The molecule has 1 fully saturated rings. The Morgan fingerprint density at radius 2 is 1.94 bits per heavy atom. The fraction of sp³-hybridized carbons (Fsp3) is 0.565. The van der Waals surface area contributed by atoms with E-state index in [1.54, 1.807) is 27.9 Å². The summed E-state index contributed by atoms with van der Waals surface area (Å²) < 4.78 is 39.1. The lowest BCUT2D eigenvalue weighted by molar-refractivity contribution is 0.0569. The summed E-state index contributed by atoms with van der Waals surface area (Å²) in [6.45, 7) is 9.04. The van der Waals surface area contributed by atoms with E-state index in [0.717, 1.165) is 48.3 Å². The number of benzene rings is 1. The van der Waals surface area contributed by atoms with Gasteiger partial charge >= 0.3 is 16.3 Å². The molecule has 1 atom stereocenters. The predicted octanol–water partition coefficient (Wildman–Crippen LogP) is 3.46. The van der Waals surface area contributed by atoms with Gasteiger partial charge in [-0.25, -0.2) is 9.52 Å². The van der Waals surface area contributed by atoms with E-state index in [9.17, 15) is 13.2 Å². The second-order valence-corrected chi connectivity index (χ2v) is 11.0. The van der Waals surface area contributed by atoms with Crippen LogP contribution in [-0.4, -0.2) is 51.8 Å². The van der Waals surface area contributed by atoms with Crippen LogP contribution in [0.4, 0.5) is 10.5 Å². The third-order valence-corrected chi connectivity index (χ3v) is 6.80. The number of carbonyl (C=O) groups is 1. The van der Waals surface area contributed by atoms with Crippen LogP contribution in [0, 0.1) is 11.8 Å². The molecule has 10 heteroatoms. The Balaban J connectivity index is 1.55. The normalized spacial score (nSPS) is 16.5. The van der Waals surface area contributed by atoms with Gasteiger partial charge in [0, 0.05) is 36.9 Å². The molecule has 1 saturated heterocycles. The van der Waals surface area contributed by atoms with Gasteiger partial charge in [-0.15, -0.1) is 0 Å². The fourth-order valence-corrected chi connectivity index (χ4v) is 4.89. The second-order valence-electron chi connectivity index (χ2n) is 9.47. The first-order valence-electron chi connectivity index (χ1n) is 11.2. The molecule has 2 heterocycles. The van der Waals surface area contributed by atoms with Crippen molar-refractivity contribution < 1.29 is 22.7 Å². The molecule has 3 rings (SSSR count). The molecule has 1 amide bonds. The van der Waals surface area contributed by atoms with E-state index < -0.39 is 21.9 Å². The number of ether oxygens (including phenoxy) is 2. The van der Waals surface area contributed by atoms with Gasteiger partial charge in [0.25, 0.3) is 0 Å².